The zero-order valence-electron chi connectivity index (χ0n) is 32.3. The van der Waals surface area contributed by atoms with Crippen molar-refractivity contribution >= 4 is 54.6 Å². The summed E-state index contributed by atoms with van der Waals surface area (Å²) in [6.45, 7) is 2.08. The van der Waals surface area contributed by atoms with Crippen LogP contribution in [0.15, 0.2) is 188 Å². The van der Waals surface area contributed by atoms with Gasteiger partial charge in [-0.1, -0.05) is 157 Å². The zero-order valence-corrected chi connectivity index (χ0v) is 32.3. The Kier molecular flexibility index (Phi) is 8.35. The van der Waals surface area contributed by atoms with Crippen LogP contribution >= 0.6 is 0 Å². The zero-order chi connectivity index (χ0) is 38.7. The van der Waals surface area contributed by atoms with Gasteiger partial charge in [-0.3, -0.25) is 5.41 Å². The number of aryl methyl sites for hydroxylation is 1. The maximum Gasteiger partial charge on any atom is 0.0722 e. The van der Waals surface area contributed by atoms with Gasteiger partial charge >= 0.3 is 0 Å². The highest BCUT2D eigenvalue weighted by Gasteiger charge is 2.51. The Bertz CT molecular complexity index is 3050. The molecule has 274 valence electrons. The van der Waals surface area contributed by atoms with Crippen LogP contribution in [0, 0.1) is 12.3 Å². The lowest BCUT2D eigenvalue weighted by molar-refractivity contribution is 0.783. The van der Waals surface area contributed by atoms with Crippen LogP contribution in [0.25, 0.3) is 54.6 Å². The van der Waals surface area contributed by atoms with E-state index in [1.807, 2.05) is 48.5 Å². The number of nitrogens with one attached hydrogen (secondary N) is 1. The fourth-order valence-corrected chi connectivity index (χ4v) is 9.91. The van der Waals surface area contributed by atoms with Gasteiger partial charge in [0.1, 0.15) is 0 Å². The number of para-hydroxylation sites is 1. The molecule has 0 fully saturated rings. The molecule has 1 spiro atoms. The van der Waals surface area contributed by atoms with E-state index in [1.54, 1.807) is 0 Å². The molecule has 3 N–H and O–H groups in total. The van der Waals surface area contributed by atoms with E-state index < -0.39 is 0 Å². The topological polar surface area (TPSA) is 54.8 Å². The number of rotatable bonds is 3. The van der Waals surface area contributed by atoms with Crippen LogP contribution in [0.5, 0.6) is 0 Å². The van der Waals surface area contributed by atoms with Crippen LogP contribution in [0.4, 0.5) is 0 Å². The fourth-order valence-electron chi connectivity index (χ4n) is 9.91. The van der Waals surface area contributed by atoms with E-state index >= 15 is 0 Å². The molecular weight excluding hydrogens is 691 g/mol. The molecule has 8 aromatic carbocycles. The van der Waals surface area contributed by atoms with E-state index in [4.69, 9.17) is 5.41 Å². The Morgan fingerprint density at radius 1 is 0.579 bits per heavy atom. The lowest BCUT2D eigenvalue weighted by atomic mass is 9.68. The minimum absolute atomic E-state index is 0.309. The molecule has 1 aromatic heterocycles. The summed E-state index contributed by atoms with van der Waals surface area (Å²) >= 11 is 0. The summed E-state index contributed by atoms with van der Waals surface area (Å²) in [6.07, 6.45) is 6.93. The molecule has 1 heterocycles. The van der Waals surface area contributed by atoms with Gasteiger partial charge in [0, 0.05) is 22.0 Å². The number of benzene rings is 8. The Morgan fingerprint density at radius 3 is 1.91 bits per heavy atom. The lowest BCUT2D eigenvalue weighted by Gasteiger charge is -2.32. The highest BCUT2D eigenvalue weighted by Crippen LogP contribution is 2.63. The average Bonchev–Trinajstić information content (AvgIpc) is 3.89. The number of aromatic nitrogens is 1. The van der Waals surface area contributed by atoms with E-state index in [1.165, 1.54) is 89.5 Å². The summed E-state index contributed by atoms with van der Waals surface area (Å²) in [5.74, 6) is 0. The van der Waals surface area contributed by atoms with Gasteiger partial charge in [0.2, 0.25) is 0 Å². The molecule has 0 radical (unpaired) electrons. The maximum absolute atomic E-state index is 8.99. The standard InChI is InChI=1S/C46H30N2.C7H8.CH5N/c47-45(30-10-2-1-3-11-30)31-22-25-42-36(26-31)34-15-5-7-19-41(34)48(42)32-23-24-38-35(27-32)33-14-4-6-16-37(33)46(38)39-17-8-12-28-20-21-29-13-9-18-40(46)44(29)43(28)39;1-7-5-3-2-4-6-7;1-2/h1-3,5-13,15-27,47H,4,14H2;2-6H,1H3;2H2,1H3. The molecule has 57 heavy (non-hydrogen) atoms. The minimum atomic E-state index is -0.309. The number of hydrogen-bond donors (Lipinski definition) is 2. The van der Waals surface area contributed by atoms with E-state index in [9.17, 15) is 0 Å². The molecule has 0 bridgehead atoms. The van der Waals surface area contributed by atoms with Crippen LogP contribution in [-0.2, 0) is 5.41 Å². The van der Waals surface area contributed by atoms with Crippen molar-refractivity contribution in [2.75, 3.05) is 7.05 Å². The molecule has 3 nitrogen and oxygen atoms in total. The predicted octanol–water partition coefficient (Wildman–Crippen LogP) is 12.8. The molecule has 0 unspecified atom stereocenters. The van der Waals surface area contributed by atoms with E-state index in [0.29, 0.717) is 5.71 Å². The number of nitrogens with two attached hydrogens (primary N) is 1. The largest absolute Gasteiger partial charge is 0.333 e. The van der Waals surface area contributed by atoms with E-state index in [2.05, 4.69) is 151 Å². The van der Waals surface area contributed by atoms with Crippen molar-refractivity contribution in [3.63, 3.8) is 0 Å². The molecule has 12 rings (SSSR count). The van der Waals surface area contributed by atoms with Crippen molar-refractivity contribution < 1.29 is 0 Å². The number of nitrogens with zero attached hydrogens (tertiary/aromatic N) is 1. The normalized spacial score (nSPS) is 14.2. The van der Waals surface area contributed by atoms with Crippen LogP contribution in [0.3, 0.4) is 0 Å². The Labute approximate surface area is 333 Å². The van der Waals surface area contributed by atoms with Gasteiger partial charge in [-0.15, -0.1) is 0 Å². The van der Waals surface area contributed by atoms with E-state index in [-0.39, 0.29) is 5.41 Å². The second-order valence-corrected chi connectivity index (χ2v) is 15.2. The first-order valence-corrected chi connectivity index (χ1v) is 19.9. The summed E-state index contributed by atoms with van der Waals surface area (Å²) in [5.41, 5.74) is 20.0. The van der Waals surface area contributed by atoms with Crippen molar-refractivity contribution in [2.45, 2.75) is 25.2 Å². The third-order valence-corrected chi connectivity index (χ3v) is 12.2. The molecule has 3 aliphatic rings. The van der Waals surface area contributed by atoms with Crippen LogP contribution in [0.2, 0.25) is 0 Å². The minimum Gasteiger partial charge on any atom is -0.333 e. The van der Waals surface area contributed by atoms with Gasteiger partial charge < -0.3 is 10.3 Å². The summed E-state index contributed by atoms with van der Waals surface area (Å²) in [7, 11) is 1.50. The first-order valence-electron chi connectivity index (χ1n) is 19.9. The molecule has 0 saturated carbocycles. The van der Waals surface area contributed by atoms with Crippen molar-refractivity contribution in [1.29, 1.82) is 5.41 Å². The summed E-state index contributed by atoms with van der Waals surface area (Å²) in [6, 6.07) is 61.2. The molecule has 0 atom stereocenters. The fraction of sp³-hybridized carbons (Fsp3) is 0.0926. The Balaban J connectivity index is 0.000000396. The van der Waals surface area contributed by atoms with Gasteiger partial charge in [-0.2, -0.15) is 0 Å². The highest BCUT2D eigenvalue weighted by atomic mass is 15.0. The SMILES string of the molecule is CN.Cc1ccccc1.N=C(c1ccccc1)c1ccc2c(c1)c1ccccc1n2-c1ccc2c(c1)C1=C(C=CCC1)C21c2cccc3ccc4cccc1c4c23. The first kappa shape index (κ1) is 34.7. The number of fused-ring (bicyclic) bond motifs is 9. The third kappa shape index (κ3) is 5.13. The molecule has 0 saturated heterocycles. The number of hydrogen-bond acceptors (Lipinski definition) is 2. The van der Waals surface area contributed by atoms with Crippen LogP contribution in [-0.4, -0.2) is 17.3 Å². The summed E-state index contributed by atoms with van der Waals surface area (Å²) in [4.78, 5) is 0. The quantitative estimate of drug-likeness (QED) is 0.138. The molecule has 0 amide bonds. The second kappa shape index (κ2) is 13.7. The molecule has 9 aromatic rings. The Morgan fingerprint density at radius 2 is 1.23 bits per heavy atom. The summed E-state index contributed by atoms with van der Waals surface area (Å²) in [5, 5.41) is 16.8. The van der Waals surface area contributed by atoms with Gasteiger partial charge in [0.05, 0.1) is 22.2 Å². The monoisotopic (exact) mass is 733 g/mol. The summed E-state index contributed by atoms with van der Waals surface area (Å²) < 4.78 is 2.43. The lowest BCUT2D eigenvalue weighted by Crippen LogP contribution is -2.27. The van der Waals surface area contributed by atoms with Crippen molar-refractivity contribution in [1.82, 2.24) is 4.57 Å². The number of allylic oxidation sites excluding steroid dienone is 4. The van der Waals surface area contributed by atoms with E-state index in [0.717, 1.165) is 29.5 Å². The van der Waals surface area contributed by atoms with Crippen LogP contribution < -0.4 is 5.73 Å². The van der Waals surface area contributed by atoms with Gasteiger partial charge in [-0.25, -0.2) is 0 Å². The van der Waals surface area contributed by atoms with Crippen LogP contribution in [0.1, 0.15) is 51.8 Å². The molecule has 3 heteroatoms. The molecule has 3 aliphatic carbocycles. The van der Waals surface area contributed by atoms with Gasteiger partial charge in [0.15, 0.2) is 0 Å². The van der Waals surface area contributed by atoms with Crippen molar-refractivity contribution in [2.24, 2.45) is 5.73 Å². The first-order chi connectivity index (χ1) is 28.1. The van der Waals surface area contributed by atoms with Crippen molar-refractivity contribution in [3.05, 3.63) is 227 Å². The molecule has 0 aliphatic heterocycles. The predicted molar refractivity (Wildman–Crippen MR) is 241 cm³/mol. The Hall–Kier alpha value is -6.81. The second-order valence-electron chi connectivity index (χ2n) is 15.2. The third-order valence-electron chi connectivity index (χ3n) is 12.2. The van der Waals surface area contributed by atoms with Gasteiger partial charge in [0.25, 0.3) is 0 Å². The smallest absolute Gasteiger partial charge is 0.0722 e. The average molecular weight is 734 g/mol. The highest BCUT2D eigenvalue weighted by molar-refractivity contribution is 6.18. The van der Waals surface area contributed by atoms with Crippen molar-refractivity contribution in [3.8, 4) is 5.69 Å². The van der Waals surface area contributed by atoms with Gasteiger partial charge in [-0.05, 0) is 118 Å². The maximum atomic E-state index is 8.99. The molecular formula is C54H43N3.